The number of thioether (sulfide) groups is 1. The Bertz CT molecular complexity index is 273. The zero-order valence-corrected chi connectivity index (χ0v) is 11.5. The van der Waals surface area contributed by atoms with Crippen LogP contribution in [0.15, 0.2) is 30.3 Å². The number of methoxy groups -OCH3 is 2. The smallest absolute Gasteiger partial charge is 0.156 e. The predicted molar refractivity (Wildman–Crippen MR) is 74.3 cm³/mol. The number of hydrogen-bond acceptors (Lipinski definition) is 3. The van der Waals surface area contributed by atoms with E-state index in [1.807, 2.05) is 11.8 Å². The van der Waals surface area contributed by atoms with Crippen molar-refractivity contribution in [2.45, 2.75) is 31.3 Å². The first-order chi connectivity index (χ1) is 8.36. The predicted octanol–water partition coefficient (Wildman–Crippen LogP) is 3.71. The fourth-order valence-corrected chi connectivity index (χ4v) is 2.59. The SMILES string of the molecule is COC(CCCCSCc1ccccc1)OC. The van der Waals surface area contributed by atoms with Crippen LogP contribution in [-0.2, 0) is 15.2 Å². The molecule has 0 fully saturated rings. The van der Waals surface area contributed by atoms with Crippen molar-refractivity contribution in [3.05, 3.63) is 35.9 Å². The van der Waals surface area contributed by atoms with Gasteiger partial charge in [-0.05, 0) is 30.6 Å². The van der Waals surface area contributed by atoms with Gasteiger partial charge in [0, 0.05) is 20.0 Å². The van der Waals surface area contributed by atoms with E-state index in [-0.39, 0.29) is 6.29 Å². The van der Waals surface area contributed by atoms with Gasteiger partial charge in [-0.1, -0.05) is 30.3 Å². The average Bonchev–Trinajstić information content (AvgIpc) is 2.39. The fourth-order valence-electron chi connectivity index (χ4n) is 1.61. The lowest BCUT2D eigenvalue weighted by Crippen LogP contribution is -2.12. The summed E-state index contributed by atoms with van der Waals surface area (Å²) in [7, 11) is 3.39. The van der Waals surface area contributed by atoms with Gasteiger partial charge in [0.25, 0.3) is 0 Å². The summed E-state index contributed by atoms with van der Waals surface area (Å²) in [4.78, 5) is 0. The number of benzene rings is 1. The molecule has 96 valence electrons. The molecule has 0 saturated carbocycles. The minimum absolute atomic E-state index is 0.0332. The monoisotopic (exact) mass is 254 g/mol. The van der Waals surface area contributed by atoms with Crippen LogP contribution in [0.2, 0.25) is 0 Å². The van der Waals surface area contributed by atoms with Gasteiger partial charge in [-0.3, -0.25) is 0 Å². The number of ether oxygens (including phenoxy) is 2. The topological polar surface area (TPSA) is 18.5 Å². The van der Waals surface area contributed by atoms with Crippen molar-refractivity contribution < 1.29 is 9.47 Å². The Labute approximate surface area is 109 Å². The van der Waals surface area contributed by atoms with Crippen molar-refractivity contribution in [2.75, 3.05) is 20.0 Å². The molecular weight excluding hydrogens is 232 g/mol. The largest absolute Gasteiger partial charge is 0.356 e. The summed E-state index contributed by atoms with van der Waals surface area (Å²) >= 11 is 1.99. The lowest BCUT2D eigenvalue weighted by molar-refractivity contribution is -0.106. The first-order valence-corrected chi connectivity index (χ1v) is 7.19. The first kappa shape index (κ1) is 14.6. The second-order valence-electron chi connectivity index (χ2n) is 3.93. The molecule has 1 rings (SSSR count). The molecule has 2 nitrogen and oxygen atoms in total. The molecule has 0 aliphatic rings. The average molecular weight is 254 g/mol. The van der Waals surface area contributed by atoms with Gasteiger partial charge in [0.05, 0.1) is 0 Å². The van der Waals surface area contributed by atoms with Gasteiger partial charge in [0.1, 0.15) is 0 Å². The van der Waals surface area contributed by atoms with E-state index in [1.54, 1.807) is 14.2 Å². The number of hydrogen-bond donors (Lipinski definition) is 0. The van der Waals surface area contributed by atoms with Crippen LogP contribution in [0.4, 0.5) is 0 Å². The third kappa shape index (κ3) is 6.71. The lowest BCUT2D eigenvalue weighted by Gasteiger charge is -2.12. The van der Waals surface area contributed by atoms with Crippen molar-refractivity contribution in [1.82, 2.24) is 0 Å². The van der Waals surface area contributed by atoms with Crippen LogP contribution < -0.4 is 0 Å². The molecule has 1 aromatic carbocycles. The molecule has 0 atom stereocenters. The summed E-state index contributed by atoms with van der Waals surface area (Å²) in [6, 6.07) is 10.6. The van der Waals surface area contributed by atoms with E-state index in [9.17, 15) is 0 Å². The van der Waals surface area contributed by atoms with E-state index in [2.05, 4.69) is 30.3 Å². The molecule has 0 amide bonds. The Morgan fingerprint density at radius 3 is 2.41 bits per heavy atom. The standard InChI is InChI=1S/C14H22O2S/c1-15-14(16-2)10-6-7-11-17-12-13-8-4-3-5-9-13/h3-5,8-9,14H,6-7,10-12H2,1-2H3. The normalized spacial score (nSPS) is 11.0. The first-order valence-electron chi connectivity index (χ1n) is 6.04. The van der Waals surface area contributed by atoms with Crippen LogP contribution in [0.3, 0.4) is 0 Å². The highest BCUT2D eigenvalue weighted by molar-refractivity contribution is 7.98. The second-order valence-corrected chi connectivity index (χ2v) is 5.04. The Morgan fingerprint density at radius 2 is 1.76 bits per heavy atom. The molecule has 3 heteroatoms. The Kier molecular flexibility index (Phi) is 8.14. The Balaban J connectivity index is 1.98. The van der Waals surface area contributed by atoms with Gasteiger partial charge in [-0.2, -0.15) is 11.8 Å². The van der Waals surface area contributed by atoms with Crippen LogP contribution in [-0.4, -0.2) is 26.3 Å². The summed E-state index contributed by atoms with van der Waals surface area (Å²) in [5.41, 5.74) is 1.41. The molecule has 0 N–H and O–H groups in total. The van der Waals surface area contributed by atoms with E-state index in [0.29, 0.717) is 0 Å². The van der Waals surface area contributed by atoms with Crippen molar-refractivity contribution >= 4 is 11.8 Å². The highest BCUT2D eigenvalue weighted by Crippen LogP contribution is 2.14. The van der Waals surface area contributed by atoms with E-state index < -0.39 is 0 Å². The van der Waals surface area contributed by atoms with E-state index in [4.69, 9.17) is 9.47 Å². The van der Waals surface area contributed by atoms with E-state index in [1.165, 1.54) is 17.7 Å². The summed E-state index contributed by atoms with van der Waals surface area (Å²) in [6.07, 6.45) is 3.34. The third-order valence-electron chi connectivity index (χ3n) is 2.62. The van der Waals surface area contributed by atoms with Crippen LogP contribution in [0.5, 0.6) is 0 Å². The maximum absolute atomic E-state index is 5.15. The maximum Gasteiger partial charge on any atom is 0.156 e. The van der Waals surface area contributed by atoms with Crippen LogP contribution >= 0.6 is 11.8 Å². The molecule has 0 radical (unpaired) electrons. The van der Waals surface area contributed by atoms with Crippen LogP contribution in [0.25, 0.3) is 0 Å². The Hall–Kier alpha value is -0.510. The minimum atomic E-state index is -0.0332. The van der Waals surface area contributed by atoms with Gasteiger partial charge < -0.3 is 9.47 Å². The van der Waals surface area contributed by atoms with E-state index >= 15 is 0 Å². The Morgan fingerprint density at radius 1 is 1.06 bits per heavy atom. The summed E-state index contributed by atoms with van der Waals surface area (Å²) < 4.78 is 10.3. The van der Waals surface area contributed by atoms with Crippen LogP contribution in [0, 0.1) is 0 Å². The maximum atomic E-state index is 5.15. The van der Waals surface area contributed by atoms with Gasteiger partial charge in [-0.15, -0.1) is 0 Å². The van der Waals surface area contributed by atoms with Gasteiger partial charge in [0.2, 0.25) is 0 Å². The summed E-state index contributed by atoms with van der Waals surface area (Å²) in [6.45, 7) is 0. The molecule has 0 spiro atoms. The molecule has 0 aliphatic carbocycles. The fraction of sp³-hybridized carbons (Fsp3) is 0.571. The second kappa shape index (κ2) is 9.51. The molecule has 17 heavy (non-hydrogen) atoms. The molecule has 0 unspecified atom stereocenters. The molecule has 0 heterocycles. The zero-order chi connectivity index (χ0) is 12.3. The number of rotatable bonds is 9. The van der Waals surface area contributed by atoms with Crippen molar-refractivity contribution in [3.8, 4) is 0 Å². The highest BCUT2D eigenvalue weighted by Gasteiger charge is 2.03. The lowest BCUT2D eigenvalue weighted by atomic mass is 10.2. The van der Waals surface area contributed by atoms with Gasteiger partial charge in [-0.25, -0.2) is 0 Å². The molecule has 0 bridgehead atoms. The molecule has 0 saturated heterocycles. The minimum Gasteiger partial charge on any atom is -0.356 e. The molecule has 0 aromatic heterocycles. The molecule has 0 aliphatic heterocycles. The summed E-state index contributed by atoms with van der Waals surface area (Å²) in [5.74, 6) is 2.31. The highest BCUT2D eigenvalue weighted by atomic mass is 32.2. The van der Waals surface area contributed by atoms with Crippen molar-refractivity contribution in [1.29, 1.82) is 0 Å². The number of unbranched alkanes of at least 4 members (excludes halogenated alkanes) is 1. The van der Waals surface area contributed by atoms with Gasteiger partial charge in [0.15, 0.2) is 6.29 Å². The third-order valence-corrected chi connectivity index (χ3v) is 3.73. The zero-order valence-electron chi connectivity index (χ0n) is 10.7. The quantitative estimate of drug-likeness (QED) is 0.494. The molecular formula is C14H22O2S. The van der Waals surface area contributed by atoms with Crippen molar-refractivity contribution in [3.63, 3.8) is 0 Å². The van der Waals surface area contributed by atoms with Gasteiger partial charge >= 0.3 is 0 Å². The summed E-state index contributed by atoms with van der Waals surface area (Å²) in [5, 5.41) is 0. The molecule has 1 aromatic rings. The van der Waals surface area contributed by atoms with E-state index in [0.717, 1.165) is 18.6 Å². The van der Waals surface area contributed by atoms with Crippen molar-refractivity contribution in [2.24, 2.45) is 0 Å². The van der Waals surface area contributed by atoms with Crippen LogP contribution in [0.1, 0.15) is 24.8 Å².